The lowest BCUT2D eigenvalue weighted by atomic mass is 10.2. The van der Waals surface area contributed by atoms with Crippen molar-refractivity contribution >= 4 is 17.4 Å². The van der Waals surface area contributed by atoms with E-state index in [2.05, 4.69) is 34.0 Å². The molecule has 0 saturated carbocycles. The smallest absolute Gasteiger partial charge is 0.137 e. The van der Waals surface area contributed by atoms with Crippen LogP contribution in [-0.4, -0.2) is 53.8 Å². The molecule has 1 saturated heterocycles. The molecule has 1 fully saturated rings. The Morgan fingerprint density at radius 3 is 2.84 bits per heavy atom. The zero-order chi connectivity index (χ0) is 13.7. The summed E-state index contributed by atoms with van der Waals surface area (Å²) >= 11 is 6.09. The highest BCUT2D eigenvalue weighted by atomic mass is 35.5. The van der Waals surface area contributed by atoms with Crippen molar-refractivity contribution in [3.8, 4) is 0 Å². The van der Waals surface area contributed by atoms with Crippen LogP contribution in [0.3, 0.4) is 0 Å². The summed E-state index contributed by atoms with van der Waals surface area (Å²) in [5.74, 6) is 0.850. The number of nitrogens with zero attached hydrogens (tertiary/aromatic N) is 3. The molecule has 0 aliphatic carbocycles. The molecule has 1 aliphatic heterocycles. The van der Waals surface area contributed by atoms with Gasteiger partial charge in [0.25, 0.3) is 0 Å². The number of hydrogen-bond donors (Lipinski definition) is 1. The lowest BCUT2D eigenvalue weighted by Crippen LogP contribution is -2.42. The molecule has 1 aromatic rings. The third-order valence-corrected chi connectivity index (χ3v) is 3.59. The Hall–Kier alpha value is -0.910. The topological polar surface area (TPSA) is 50.3 Å². The van der Waals surface area contributed by atoms with Crippen LogP contribution in [0.4, 0.5) is 5.82 Å². The average Bonchev–Trinajstić information content (AvgIpc) is 2.40. The SMILES string of the molecule is CCc1c(Cl)ncnc1NC(C)CN1CCOCC1. The zero-order valence-electron chi connectivity index (χ0n) is 11.5. The van der Waals surface area contributed by atoms with Gasteiger partial charge < -0.3 is 10.1 Å². The molecule has 0 aromatic carbocycles. The Bertz CT molecular complexity index is 410. The normalized spacial score (nSPS) is 18.3. The molecule has 1 aliphatic rings. The van der Waals surface area contributed by atoms with Crippen molar-refractivity contribution in [3.05, 3.63) is 17.0 Å². The van der Waals surface area contributed by atoms with Crippen molar-refractivity contribution < 1.29 is 4.74 Å². The number of nitrogens with one attached hydrogen (secondary N) is 1. The predicted molar refractivity (Wildman–Crippen MR) is 76.8 cm³/mol. The third kappa shape index (κ3) is 4.03. The summed E-state index contributed by atoms with van der Waals surface area (Å²) < 4.78 is 5.35. The van der Waals surface area contributed by atoms with Gasteiger partial charge in [0.2, 0.25) is 0 Å². The van der Waals surface area contributed by atoms with Crippen LogP contribution in [0.2, 0.25) is 5.15 Å². The van der Waals surface area contributed by atoms with E-state index in [-0.39, 0.29) is 0 Å². The fourth-order valence-electron chi connectivity index (χ4n) is 2.28. The lowest BCUT2D eigenvalue weighted by Gasteiger charge is -2.29. The minimum atomic E-state index is 0.314. The summed E-state index contributed by atoms with van der Waals surface area (Å²) in [7, 11) is 0. The molecule has 2 heterocycles. The Morgan fingerprint density at radius 2 is 2.16 bits per heavy atom. The number of hydrogen-bond acceptors (Lipinski definition) is 5. The van der Waals surface area contributed by atoms with Gasteiger partial charge in [-0.25, -0.2) is 9.97 Å². The van der Waals surface area contributed by atoms with Crippen LogP contribution in [-0.2, 0) is 11.2 Å². The molecule has 5 nitrogen and oxygen atoms in total. The van der Waals surface area contributed by atoms with Crippen molar-refractivity contribution in [2.45, 2.75) is 26.3 Å². The van der Waals surface area contributed by atoms with Crippen molar-refractivity contribution in [2.75, 3.05) is 38.2 Å². The van der Waals surface area contributed by atoms with Crippen molar-refractivity contribution in [1.29, 1.82) is 0 Å². The van der Waals surface area contributed by atoms with E-state index in [9.17, 15) is 0 Å². The maximum atomic E-state index is 6.09. The second kappa shape index (κ2) is 7.03. The number of morpholine rings is 1. The minimum absolute atomic E-state index is 0.314. The molecule has 0 amide bonds. The van der Waals surface area contributed by atoms with Crippen LogP contribution in [0.1, 0.15) is 19.4 Å². The van der Waals surface area contributed by atoms with Crippen LogP contribution < -0.4 is 5.32 Å². The molecule has 0 spiro atoms. The van der Waals surface area contributed by atoms with Gasteiger partial charge in [0.05, 0.1) is 13.2 Å². The van der Waals surface area contributed by atoms with Crippen LogP contribution in [0.15, 0.2) is 6.33 Å². The summed E-state index contributed by atoms with van der Waals surface area (Å²) in [6.45, 7) is 8.84. The van der Waals surface area contributed by atoms with E-state index in [4.69, 9.17) is 16.3 Å². The molecule has 2 rings (SSSR count). The number of halogens is 1. The first kappa shape index (κ1) is 14.5. The van der Waals surface area contributed by atoms with Crippen LogP contribution in [0, 0.1) is 0 Å². The summed E-state index contributed by atoms with van der Waals surface area (Å²) in [5, 5.41) is 3.97. The van der Waals surface area contributed by atoms with Gasteiger partial charge in [0.15, 0.2) is 0 Å². The van der Waals surface area contributed by atoms with E-state index < -0.39 is 0 Å². The van der Waals surface area contributed by atoms with Crippen LogP contribution in [0.25, 0.3) is 0 Å². The molecule has 0 radical (unpaired) electrons. The molecular weight excluding hydrogens is 264 g/mol. The maximum Gasteiger partial charge on any atom is 0.137 e. The molecule has 1 atom stereocenters. The second-order valence-electron chi connectivity index (χ2n) is 4.80. The second-order valence-corrected chi connectivity index (χ2v) is 5.16. The Labute approximate surface area is 119 Å². The zero-order valence-corrected chi connectivity index (χ0v) is 12.3. The van der Waals surface area contributed by atoms with Gasteiger partial charge in [-0.2, -0.15) is 0 Å². The maximum absolute atomic E-state index is 6.09. The molecule has 19 heavy (non-hydrogen) atoms. The molecule has 1 N–H and O–H groups in total. The lowest BCUT2D eigenvalue weighted by molar-refractivity contribution is 0.0368. The van der Waals surface area contributed by atoms with Gasteiger partial charge in [0, 0.05) is 31.2 Å². The van der Waals surface area contributed by atoms with Gasteiger partial charge in [-0.1, -0.05) is 18.5 Å². The Kier molecular flexibility index (Phi) is 5.36. The Balaban J connectivity index is 1.94. The number of aromatic nitrogens is 2. The average molecular weight is 285 g/mol. The molecule has 1 unspecified atom stereocenters. The monoisotopic (exact) mass is 284 g/mol. The van der Waals surface area contributed by atoms with E-state index in [0.717, 1.165) is 50.7 Å². The van der Waals surface area contributed by atoms with Crippen molar-refractivity contribution in [1.82, 2.24) is 14.9 Å². The van der Waals surface area contributed by atoms with Crippen molar-refractivity contribution in [3.63, 3.8) is 0 Å². The number of rotatable bonds is 5. The third-order valence-electron chi connectivity index (χ3n) is 3.27. The molecule has 0 bridgehead atoms. The fourth-order valence-corrected chi connectivity index (χ4v) is 2.55. The summed E-state index contributed by atoms with van der Waals surface area (Å²) in [6.07, 6.45) is 2.33. The van der Waals surface area contributed by atoms with Crippen molar-refractivity contribution in [2.24, 2.45) is 0 Å². The highest BCUT2D eigenvalue weighted by Crippen LogP contribution is 2.20. The molecular formula is C13H21ClN4O. The first-order valence-corrected chi connectivity index (χ1v) is 7.14. The van der Waals surface area contributed by atoms with E-state index in [1.807, 2.05) is 0 Å². The quantitative estimate of drug-likeness (QED) is 0.836. The first-order chi connectivity index (χ1) is 9.20. The highest BCUT2D eigenvalue weighted by Gasteiger charge is 2.15. The fraction of sp³-hybridized carbons (Fsp3) is 0.692. The highest BCUT2D eigenvalue weighted by molar-refractivity contribution is 6.30. The first-order valence-electron chi connectivity index (χ1n) is 6.76. The van der Waals surface area contributed by atoms with Gasteiger partial charge >= 0.3 is 0 Å². The summed E-state index contributed by atoms with van der Waals surface area (Å²) in [4.78, 5) is 10.7. The Morgan fingerprint density at radius 1 is 1.42 bits per heavy atom. The molecule has 1 aromatic heterocycles. The minimum Gasteiger partial charge on any atom is -0.379 e. The summed E-state index contributed by atoms with van der Waals surface area (Å²) in [6, 6.07) is 0.314. The molecule has 6 heteroatoms. The number of anilines is 1. The molecule has 106 valence electrons. The van der Waals surface area contributed by atoms with Gasteiger partial charge in [0.1, 0.15) is 17.3 Å². The van der Waals surface area contributed by atoms with E-state index >= 15 is 0 Å². The van der Waals surface area contributed by atoms with Crippen LogP contribution >= 0.6 is 11.6 Å². The van der Waals surface area contributed by atoms with Crippen LogP contribution in [0.5, 0.6) is 0 Å². The van der Waals surface area contributed by atoms with E-state index in [1.54, 1.807) is 0 Å². The number of ether oxygens (including phenoxy) is 1. The van der Waals surface area contributed by atoms with Gasteiger partial charge in [-0.3, -0.25) is 4.90 Å². The van der Waals surface area contributed by atoms with E-state index in [0.29, 0.717) is 11.2 Å². The predicted octanol–water partition coefficient (Wildman–Crippen LogP) is 1.82. The standard InChI is InChI=1S/C13H21ClN4O/c1-3-11-12(14)15-9-16-13(11)17-10(2)8-18-4-6-19-7-5-18/h9-10H,3-8H2,1-2H3,(H,15,16,17). The van der Waals surface area contributed by atoms with E-state index in [1.165, 1.54) is 6.33 Å². The largest absolute Gasteiger partial charge is 0.379 e. The van der Waals surface area contributed by atoms with Gasteiger partial charge in [-0.15, -0.1) is 0 Å². The van der Waals surface area contributed by atoms with Gasteiger partial charge in [-0.05, 0) is 13.3 Å². The summed E-state index contributed by atoms with van der Waals surface area (Å²) in [5.41, 5.74) is 0.984.